The molecule has 0 bridgehead atoms. The molecule has 0 unspecified atom stereocenters. The Bertz CT molecular complexity index is 621. The van der Waals surface area contributed by atoms with E-state index in [1.54, 1.807) is 26.2 Å². The molecular formula is C16H26N2O3S. The van der Waals surface area contributed by atoms with Crippen LogP contribution in [0, 0.1) is 19.8 Å². The van der Waals surface area contributed by atoms with Crippen LogP contribution in [0.2, 0.25) is 0 Å². The number of aryl methyl sites for hydroxylation is 2. The quantitative estimate of drug-likeness (QED) is 0.898. The first-order valence-corrected chi connectivity index (χ1v) is 9.15. The van der Waals surface area contributed by atoms with Crippen molar-refractivity contribution in [3.8, 4) is 5.75 Å². The zero-order chi connectivity index (χ0) is 16.3. The van der Waals surface area contributed by atoms with Crippen LogP contribution in [-0.4, -0.2) is 47.1 Å². The van der Waals surface area contributed by atoms with E-state index in [9.17, 15) is 8.42 Å². The van der Waals surface area contributed by atoms with Crippen LogP contribution in [0.15, 0.2) is 17.0 Å². The predicted octanol–water partition coefficient (Wildman–Crippen LogP) is 1.93. The molecule has 124 valence electrons. The van der Waals surface area contributed by atoms with Gasteiger partial charge in [-0.3, -0.25) is 0 Å². The average molecular weight is 326 g/mol. The molecule has 0 atom stereocenters. The Labute approximate surface area is 133 Å². The summed E-state index contributed by atoms with van der Waals surface area (Å²) in [6.45, 7) is 6.24. The van der Waals surface area contributed by atoms with Gasteiger partial charge in [0.15, 0.2) is 0 Å². The summed E-state index contributed by atoms with van der Waals surface area (Å²) in [5.74, 6) is 1.14. The number of benzene rings is 1. The van der Waals surface area contributed by atoms with Gasteiger partial charge in [0.2, 0.25) is 10.0 Å². The molecule has 0 aliphatic carbocycles. The number of sulfonamides is 1. The molecule has 1 fully saturated rings. The van der Waals surface area contributed by atoms with Crippen LogP contribution in [-0.2, 0) is 10.0 Å². The predicted molar refractivity (Wildman–Crippen MR) is 87.9 cm³/mol. The number of ether oxygens (including phenoxy) is 1. The Morgan fingerprint density at radius 3 is 2.45 bits per heavy atom. The van der Waals surface area contributed by atoms with E-state index in [4.69, 9.17) is 4.74 Å². The SMILES string of the molecule is COc1cc(C)c(S(=O)(=O)NCC2CCN(C)CC2)cc1C. The van der Waals surface area contributed by atoms with Gasteiger partial charge in [-0.05, 0) is 76.0 Å². The average Bonchev–Trinajstić information content (AvgIpc) is 2.48. The minimum atomic E-state index is -3.47. The van der Waals surface area contributed by atoms with Gasteiger partial charge < -0.3 is 9.64 Å². The van der Waals surface area contributed by atoms with Crippen molar-refractivity contribution in [2.75, 3.05) is 33.8 Å². The van der Waals surface area contributed by atoms with Crippen LogP contribution in [0.3, 0.4) is 0 Å². The van der Waals surface area contributed by atoms with Crippen molar-refractivity contribution in [1.82, 2.24) is 9.62 Å². The summed E-state index contributed by atoms with van der Waals surface area (Å²) in [6, 6.07) is 3.46. The van der Waals surface area contributed by atoms with Crippen molar-refractivity contribution in [2.45, 2.75) is 31.6 Å². The van der Waals surface area contributed by atoms with Crippen molar-refractivity contribution in [3.63, 3.8) is 0 Å². The molecule has 2 rings (SSSR count). The third-order valence-corrected chi connectivity index (χ3v) is 5.95. The Kier molecular flexibility index (Phi) is 5.47. The molecule has 1 aromatic rings. The molecule has 0 aromatic heterocycles. The summed E-state index contributed by atoms with van der Waals surface area (Å²) in [6.07, 6.45) is 2.08. The van der Waals surface area contributed by atoms with Crippen molar-refractivity contribution >= 4 is 10.0 Å². The van der Waals surface area contributed by atoms with E-state index in [1.165, 1.54) is 0 Å². The lowest BCUT2D eigenvalue weighted by Crippen LogP contribution is -2.37. The molecule has 1 aromatic carbocycles. The number of hydrogen-bond acceptors (Lipinski definition) is 4. The number of rotatable bonds is 5. The zero-order valence-corrected chi connectivity index (χ0v) is 14.7. The highest BCUT2D eigenvalue weighted by Gasteiger charge is 2.22. The van der Waals surface area contributed by atoms with Crippen LogP contribution in [0.1, 0.15) is 24.0 Å². The molecule has 1 N–H and O–H groups in total. The van der Waals surface area contributed by atoms with E-state index < -0.39 is 10.0 Å². The number of likely N-dealkylation sites (tertiary alicyclic amines) is 1. The van der Waals surface area contributed by atoms with Crippen LogP contribution < -0.4 is 9.46 Å². The van der Waals surface area contributed by atoms with E-state index in [-0.39, 0.29) is 0 Å². The van der Waals surface area contributed by atoms with Crippen molar-refractivity contribution < 1.29 is 13.2 Å². The summed E-state index contributed by atoms with van der Waals surface area (Å²) < 4.78 is 33.1. The van der Waals surface area contributed by atoms with Gasteiger partial charge in [-0.2, -0.15) is 0 Å². The maximum Gasteiger partial charge on any atom is 0.240 e. The van der Waals surface area contributed by atoms with Gasteiger partial charge in [0.05, 0.1) is 12.0 Å². The van der Waals surface area contributed by atoms with Crippen LogP contribution >= 0.6 is 0 Å². The van der Waals surface area contributed by atoms with Crippen molar-refractivity contribution in [3.05, 3.63) is 23.3 Å². The van der Waals surface area contributed by atoms with Crippen LogP contribution in [0.25, 0.3) is 0 Å². The topological polar surface area (TPSA) is 58.6 Å². The molecule has 1 saturated heterocycles. The Morgan fingerprint density at radius 2 is 1.86 bits per heavy atom. The smallest absolute Gasteiger partial charge is 0.240 e. The first kappa shape index (κ1) is 17.2. The van der Waals surface area contributed by atoms with Gasteiger partial charge in [-0.15, -0.1) is 0 Å². The van der Waals surface area contributed by atoms with Gasteiger partial charge in [-0.25, -0.2) is 13.1 Å². The maximum absolute atomic E-state index is 12.5. The van der Waals surface area contributed by atoms with E-state index >= 15 is 0 Å². The highest BCUT2D eigenvalue weighted by Crippen LogP contribution is 2.25. The largest absolute Gasteiger partial charge is 0.496 e. The Hall–Kier alpha value is -1.11. The highest BCUT2D eigenvalue weighted by molar-refractivity contribution is 7.89. The highest BCUT2D eigenvalue weighted by atomic mass is 32.2. The van der Waals surface area contributed by atoms with Gasteiger partial charge >= 0.3 is 0 Å². The molecule has 1 aliphatic rings. The molecule has 6 heteroatoms. The summed E-state index contributed by atoms with van der Waals surface area (Å²) in [4.78, 5) is 2.63. The second-order valence-corrected chi connectivity index (χ2v) is 7.92. The first-order valence-electron chi connectivity index (χ1n) is 7.67. The fourth-order valence-corrected chi connectivity index (χ4v) is 4.27. The third-order valence-electron chi connectivity index (χ3n) is 4.38. The molecule has 0 spiro atoms. The van der Waals surface area contributed by atoms with Gasteiger partial charge in [-0.1, -0.05) is 0 Å². The summed E-state index contributed by atoms with van der Waals surface area (Å²) in [7, 11) is 0.222. The van der Waals surface area contributed by atoms with Gasteiger partial charge in [0, 0.05) is 6.54 Å². The standard InChI is InChI=1S/C16H26N2O3S/c1-12-10-16(13(2)9-15(12)21-4)22(19,20)17-11-14-5-7-18(3)8-6-14/h9-10,14,17H,5-8,11H2,1-4H3. The molecular weight excluding hydrogens is 300 g/mol. The number of nitrogens with zero attached hydrogens (tertiary/aromatic N) is 1. The molecule has 0 radical (unpaired) electrons. The minimum Gasteiger partial charge on any atom is -0.496 e. The van der Waals surface area contributed by atoms with E-state index in [0.29, 0.717) is 28.7 Å². The van der Waals surface area contributed by atoms with Gasteiger partial charge in [0.25, 0.3) is 0 Å². The lowest BCUT2D eigenvalue weighted by molar-refractivity contribution is 0.220. The molecule has 0 amide bonds. The lowest BCUT2D eigenvalue weighted by atomic mass is 9.98. The van der Waals surface area contributed by atoms with Crippen molar-refractivity contribution in [2.24, 2.45) is 5.92 Å². The fourth-order valence-electron chi connectivity index (χ4n) is 2.84. The van der Waals surface area contributed by atoms with E-state index in [1.807, 2.05) is 6.92 Å². The van der Waals surface area contributed by atoms with E-state index in [0.717, 1.165) is 31.5 Å². The maximum atomic E-state index is 12.5. The monoisotopic (exact) mass is 326 g/mol. The molecule has 5 nitrogen and oxygen atoms in total. The normalized spacial score (nSPS) is 17.6. The molecule has 1 aliphatic heterocycles. The van der Waals surface area contributed by atoms with Crippen molar-refractivity contribution in [1.29, 1.82) is 0 Å². The minimum absolute atomic E-state index is 0.346. The number of methoxy groups -OCH3 is 1. The third kappa shape index (κ3) is 4.00. The van der Waals surface area contributed by atoms with Crippen LogP contribution in [0.5, 0.6) is 5.75 Å². The zero-order valence-electron chi connectivity index (χ0n) is 13.8. The summed E-state index contributed by atoms with van der Waals surface area (Å²) >= 11 is 0. The second kappa shape index (κ2) is 6.98. The number of hydrogen-bond donors (Lipinski definition) is 1. The number of piperidine rings is 1. The molecule has 1 heterocycles. The Morgan fingerprint density at radius 1 is 1.23 bits per heavy atom. The summed E-state index contributed by atoms with van der Waals surface area (Å²) in [5, 5.41) is 0. The fraction of sp³-hybridized carbons (Fsp3) is 0.625. The number of nitrogens with one attached hydrogen (secondary N) is 1. The lowest BCUT2D eigenvalue weighted by Gasteiger charge is -2.29. The van der Waals surface area contributed by atoms with Crippen LogP contribution in [0.4, 0.5) is 0 Å². The van der Waals surface area contributed by atoms with E-state index in [2.05, 4.69) is 16.7 Å². The molecule has 22 heavy (non-hydrogen) atoms. The Balaban J connectivity index is 2.09. The second-order valence-electron chi connectivity index (χ2n) is 6.19. The molecule has 0 saturated carbocycles. The first-order chi connectivity index (χ1) is 10.3. The van der Waals surface area contributed by atoms with Gasteiger partial charge in [0.1, 0.15) is 5.75 Å². The summed E-state index contributed by atoms with van der Waals surface area (Å²) in [5.41, 5.74) is 1.53.